The highest BCUT2D eigenvalue weighted by atomic mass is 16.7. The van der Waals surface area contributed by atoms with Crippen LogP contribution in [0, 0.1) is 0 Å². The van der Waals surface area contributed by atoms with E-state index in [9.17, 15) is 4.79 Å². The van der Waals surface area contributed by atoms with E-state index in [4.69, 9.17) is 15.2 Å². The lowest BCUT2D eigenvalue weighted by Crippen LogP contribution is -2.29. The Bertz CT molecular complexity index is 688. The first kappa shape index (κ1) is 15.4. The van der Waals surface area contributed by atoms with Crippen LogP contribution in [0.1, 0.15) is 36.6 Å². The van der Waals surface area contributed by atoms with Gasteiger partial charge in [-0.05, 0) is 30.2 Å². The SMILES string of the molecule is CC(NC(=O)CC(N)c1ccccc1)c1ccc2c(c1)OCO2. The molecule has 0 aromatic heterocycles. The normalized spacial score (nSPS) is 15.0. The maximum absolute atomic E-state index is 12.2. The van der Waals surface area contributed by atoms with Gasteiger partial charge in [0, 0.05) is 12.5 Å². The van der Waals surface area contributed by atoms with Crippen LogP contribution in [-0.2, 0) is 4.79 Å². The summed E-state index contributed by atoms with van der Waals surface area (Å²) in [5.41, 5.74) is 8.01. The summed E-state index contributed by atoms with van der Waals surface area (Å²) in [7, 11) is 0. The Balaban J connectivity index is 1.59. The highest BCUT2D eigenvalue weighted by molar-refractivity contribution is 5.77. The molecule has 5 nitrogen and oxygen atoms in total. The standard InChI is InChI=1S/C18H20N2O3/c1-12(14-7-8-16-17(9-14)23-11-22-16)20-18(21)10-15(19)13-5-3-2-4-6-13/h2-9,12,15H,10-11,19H2,1H3,(H,20,21). The summed E-state index contributed by atoms with van der Waals surface area (Å²) in [6.45, 7) is 2.18. The second-order valence-corrected chi connectivity index (χ2v) is 5.62. The van der Waals surface area contributed by atoms with Gasteiger partial charge in [0.05, 0.1) is 6.04 Å². The molecule has 0 aliphatic carbocycles. The molecule has 23 heavy (non-hydrogen) atoms. The van der Waals surface area contributed by atoms with Gasteiger partial charge in [0.2, 0.25) is 12.7 Å². The van der Waals surface area contributed by atoms with Gasteiger partial charge in [-0.2, -0.15) is 0 Å². The number of ether oxygens (including phenoxy) is 2. The topological polar surface area (TPSA) is 73.6 Å². The lowest BCUT2D eigenvalue weighted by Gasteiger charge is -2.17. The van der Waals surface area contributed by atoms with Gasteiger partial charge in [0.1, 0.15) is 0 Å². The predicted octanol–water partition coefficient (Wildman–Crippen LogP) is 2.68. The van der Waals surface area contributed by atoms with Crippen LogP contribution in [-0.4, -0.2) is 12.7 Å². The molecule has 1 heterocycles. The van der Waals surface area contributed by atoms with Crippen molar-refractivity contribution in [2.24, 2.45) is 5.73 Å². The third kappa shape index (κ3) is 3.63. The molecule has 1 amide bonds. The number of hydrogen-bond donors (Lipinski definition) is 2. The zero-order valence-electron chi connectivity index (χ0n) is 13.0. The quantitative estimate of drug-likeness (QED) is 0.890. The Hall–Kier alpha value is -2.53. The zero-order chi connectivity index (χ0) is 16.2. The molecular formula is C18H20N2O3. The molecule has 3 rings (SSSR count). The van der Waals surface area contributed by atoms with Crippen LogP contribution in [0.5, 0.6) is 11.5 Å². The lowest BCUT2D eigenvalue weighted by molar-refractivity contribution is -0.122. The average Bonchev–Trinajstić information content (AvgIpc) is 3.03. The summed E-state index contributed by atoms with van der Waals surface area (Å²) in [5, 5.41) is 2.97. The van der Waals surface area contributed by atoms with Crippen LogP contribution in [0.3, 0.4) is 0 Å². The number of nitrogens with two attached hydrogens (primary N) is 1. The minimum atomic E-state index is -0.305. The number of carbonyl (C=O) groups is 1. The molecule has 1 aliphatic heterocycles. The molecule has 2 atom stereocenters. The highest BCUT2D eigenvalue weighted by Crippen LogP contribution is 2.34. The molecule has 0 saturated carbocycles. The molecule has 0 saturated heterocycles. The first-order chi connectivity index (χ1) is 11.1. The van der Waals surface area contributed by atoms with Crippen LogP contribution in [0.25, 0.3) is 0 Å². The van der Waals surface area contributed by atoms with E-state index >= 15 is 0 Å². The summed E-state index contributed by atoms with van der Waals surface area (Å²) < 4.78 is 10.7. The third-order valence-electron chi connectivity index (χ3n) is 3.91. The molecule has 5 heteroatoms. The van der Waals surface area contributed by atoms with Crippen LogP contribution in [0.15, 0.2) is 48.5 Å². The van der Waals surface area contributed by atoms with Crippen molar-refractivity contribution < 1.29 is 14.3 Å². The van der Waals surface area contributed by atoms with Gasteiger partial charge in [-0.3, -0.25) is 4.79 Å². The number of benzene rings is 2. The molecule has 120 valence electrons. The van der Waals surface area contributed by atoms with Crippen molar-refractivity contribution in [2.75, 3.05) is 6.79 Å². The smallest absolute Gasteiger partial charge is 0.231 e. The van der Waals surface area contributed by atoms with Gasteiger partial charge in [-0.15, -0.1) is 0 Å². The van der Waals surface area contributed by atoms with Crippen molar-refractivity contribution in [2.45, 2.75) is 25.4 Å². The van der Waals surface area contributed by atoms with E-state index < -0.39 is 0 Å². The first-order valence-corrected chi connectivity index (χ1v) is 7.63. The first-order valence-electron chi connectivity index (χ1n) is 7.63. The van der Waals surface area contributed by atoms with Gasteiger partial charge in [0.25, 0.3) is 0 Å². The van der Waals surface area contributed by atoms with E-state index in [1.807, 2.05) is 55.5 Å². The van der Waals surface area contributed by atoms with Gasteiger partial charge in [-0.25, -0.2) is 0 Å². The Morgan fingerprint density at radius 2 is 1.87 bits per heavy atom. The maximum atomic E-state index is 12.2. The fraction of sp³-hybridized carbons (Fsp3) is 0.278. The number of carbonyl (C=O) groups excluding carboxylic acids is 1. The highest BCUT2D eigenvalue weighted by Gasteiger charge is 2.18. The Morgan fingerprint density at radius 1 is 1.13 bits per heavy atom. The average molecular weight is 312 g/mol. The number of nitrogens with one attached hydrogen (secondary N) is 1. The largest absolute Gasteiger partial charge is 0.454 e. The number of hydrogen-bond acceptors (Lipinski definition) is 4. The molecule has 0 bridgehead atoms. The van der Waals surface area contributed by atoms with Crippen molar-refractivity contribution in [3.63, 3.8) is 0 Å². The van der Waals surface area contributed by atoms with Gasteiger partial charge in [0.15, 0.2) is 11.5 Å². The molecule has 1 aliphatic rings. The van der Waals surface area contributed by atoms with E-state index in [0.717, 1.165) is 16.9 Å². The molecular weight excluding hydrogens is 292 g/mol. The summed E-state index contributed by atoms with van der Waals surface area (Å²) in [6.07, 6.45) is 0.249. The van der Waals surface area contributed by atoms with Gasteiger partial charge >= 0.3 is 0 Å². The Labute approximate surface area is 135 Å². The molecule has 3 N–H and O–H groups in total. The minimum absolute atomic E-state index is 0.0773. The third-order valence-corrected chi connectivity index (χ3v) is 3.91. The van der Waals surface area contributed by atoms with Crippen molar-refractivity contribution in [1.29, 1.82) is 0 Å². The van der Waals surface area contributed by atoms with Crippen molar-refractivity contribution in [3.05, 3.63) is 59.7 Å². The van der Waals surface area contributed by atoms with Crippen molar-refractivity contribution in [3.8, 4) is 11.5 Å². The zero-order valence-corrected chi connectivity index (χ0v) is 13.0. The fourth-order valence-electron chi connectivity index (χ4n) is 2.58. The second kappa shape index (κ2) is 6.71. The molecule has 0 fully saturated rings. The van der Waals surface area contributed by atoms with Crippen LogP contribution in [0.4, 0.5) is 0 Å². The summed E-state index contributed by atoms with van der Waals surface area (Å²) in [6, 6.07) is 14.9. The summed E-state index contributed by atoms with van der Waals surface area (Å²) in [4.78, 5) is 12.2. The molecule has 2 aromatic rings. The van der Waals surface area contributed by atoms with E-state index in [1.54, 1.807) is 0 Å². The minimum Gasteiger partial charge on any atom is -0.454 e. The fourth-order valence-corrected chi connectivity index (χ4v) is 2.58. The molecule has 0 spiro atoms. The van der Waals surface area contributed by atoms with E-state index in [1.165, 1.54) is 0 Å². The number of fused-ring (bicyclic) bond motifs is 1. The summed E-state index contributed by atoms with van der Waals surface area (Å²) >= 11 is 0. The van der Waals surface area contributed by atoms with Gasteiger partial charge in [-0.1, -0.05) is 36.4 Å². The van der Waals surface area contributed by atoms with Crippen LogP contribution in [0.2, 0.25) is 0 Å². The number of rotatable bonds is 5. The van der Waals surface area contributed by atoms with E-state index in [-0.39, 0.29) is 31.2 Å². The molecule has 2 unspecified atom stereocenters. The van der Waals surface area contributed by atoms with E-state index in [0.29, 0.717) is 5.75 Å². The predicted molar refractivity (Wildman–Crippen MR) is 87.1 cm³/mol. The van der Waals surface area contributed by atoms with Crippen LogP contribution < -0.4 is 20.5 Å². The Kier molecular flexibility index (Phi) is 4.48. The second-order valence-electron chi connectivity index (χ2n) is 5.62. The summed E-state index contributed by atoms with van der Waals surface area (Å²) in [5.74, 6) is 1.37. The Morgan fingerprint density at radius 3 is 2.65 bits per heavy atom. The molecule has 0 radical (unpaired) electrons. The monoisotopic (exact) mass is 312 g/mol. The molecule has 2 aromatic carbocycles. The van der Waals surface area contributed by atoms with Gasteiger partial charge < -0.3 is 20.5 Å². The lowest BCUT2D eigenvalue weighted by atomic mass is 10.0. The van der Waals surface area contributed by atoms with Crippen LogP contribution >= 0.6 is 0 Å². The van der Waals surface area contributed by atoms with Crippen molar-refractivity contribution >= 4 is 5.91 Å². The van der Waals surface area contributed by atoms with Crippen molar-refractivity contribution in [1.82, 2.24) is 5.32 Å². The number of amides is 1. The van der Waals surface area contributed by atoms with E-state index in [2.05, 4.69) is 5.32 Å². The maximum Gasteiger partial charge on any atom is 0.231 e.